The predicted molar refractivity (Wildman–Crippen MR) is 78.0 cm³/mol. The summed E-state index contributed by atoms with van der Waals surface area (Å²) in [6.07, 6.45) is 2.99. The Morgan fingerprint density at radius 1 is 1.47 bits per heavy atom. The Bertz CT molecular complexity index is 605. The van der Waals surface area contributed by atoms with Gasteiger partial charge in [-0.3, -0.25) is 0 Å². The van der Waals surface area contributed by atoms with Crippen LogP contribution in [0.25, 0.3) is 10.9 Å². The Balaban J connectivity index is 1.87. The van der Waals surface area contributed by atoms with E-state index >= 15 is 0 Å². The molecular weight excluding hydrogens is 260 g/mol. The molecule has 0 saturated heterocycles. The molecule has 0 amide bonds. The maximum atomic E-state index is 8.64. The summed E-state index contributed by atoms with van der Waals surface area (Å²) in [5.74, 6) is 0.277. The molecule has 6 heteroatoms. The Morgan fingerprint density at radius 3 is 3.00 bits per heavy atom. The van der Waals surface area contributed by atoms with E-state index in [0.717, 1.165) is 12.1 Å². The first-order valence-electron chi connectivity index (χ1n) is 6.37. The molecule has 1 aliphatic carbocycles. The lowest BCUT2D eigenvalue weighted by Gasteiger charge is -2.22. The van der Waals surface area contributed by atoms with Crippen LogP contribution in [0.1, 0.15) is 19.3 Å². The van der Waals surface area contributed by atoms with Crippen molar-refractivity contribution in [1.82, 2.24) is 4.37 Å². The van der Waals surface area contributed by atoms with E-state index < -0.39 is 0 Å². The molecule has 0 atom stereocenters. The minimum absolute atomic E-state index is 0.277. The van der Waals surface area contributed by atoms with Crippen LogP contribution >= 0.6 is 11.5 Å². The van der Waals surface area contributed by atoms with Crippen LogP contribution in [0.15, 0.2) is 29.4 Å². The van der Waals surface area contributed by atoms with Crippen LogP contribution in [0.5, 0.6) is 0 Å². The summed E-state index contributed by atoms with van der Waals surface area (Å²) < 4.78 is 4.49. The molecule has 3 N–H and O–H groups in total. The molecule has 0 spiro atoms. The smallest absolute Gasteiger partial charge is 0.140 e. The highest BCUT2D eigenvalue weighted by Crippen LogP contribution is 2.38. The lowest BCUT2D eigenvalue weighted by Crippen LogP contribution is -2.29. The third-order valence-electron chi connectivity index (χ3n) is 3.35. The molecule has 100 valence electrons. The first kappa shape index (κ1) is 12.2. The maximum absolute atomic E-state index is 8.64. The summed E-state index contributed by atoms with van der Waals surface area (Å²) in [5, 5.41) is 14.1. The molecule has 19 heavy (non-hydrogen) atoms. The van der Waals surface area contributed by atoms with Crippen molar-refractivity contribution in [1.29, 1.82) is 0 Å². The largest absolute Gasteiger partial charge is 0.409 e. The molecule has 2 aromatic rings. The first-order valence-corrected chi connectivity index (χ1v) is 7.14. The Hall–Kier alpha value is -1.82. The number of hydrogen-bond donors (Lipinski definition) is 2. The second-order valence-corrected chi connectivity index (χ2v) is 5.52. The topological polar surface area (TPSA) is 74.7 Å². The van der Waals surface area contributed by atoms with Crippen molar-refractivity contribution in [3.63, 3.8) is 0 Å². The third-order valence-corrected chi connectivity index (χ3v) is 4.27. The molecule has 5 nitrogen and oxygen atoms in total. The van der Waals surface area contributed by atoms with Crippen LogP contribution in [0.4, 0.5) is 5.00 Å². The van der Waals surface area contributed by atoms with Gasteiger partial charge in [-0.25, -0.2) is 0 Å². The van der Waals surface area contributed by atoms with Crippen LogP contribution in [0, 0.1) is 0 Å². The quantitative estimate of drug-likeness (QED) is 0.380. The number of anilines is 1. The number of aromatic nitrogens is 1. The summed E-state index contributed by atoms with van der Waals surface area (Å²) >= 11 is 1.53. The van der Waals surface area contributed by atoms with Crippen LogP contribution in [0.3, 0.4) is 0 Å². The Morgan fingerprint density at radius 2 is 2.26 bits per heavy atom. The molecule has 1 aliphatic rings. The number of nitrogens with zero attached hydrogens (tertiary/aromatic N) is 3. The zero-order valence-electron chi connectivity index (χ0n) is 10.5. The second kappa shape index (κ2) is 5.05. The zero-order valence-corrected chi connectivity index (χ0v) is 11.3. The van der Waals surface area contributed by atoms with Crippen LogP contribution in [-0.4, -0.2) is 28.0 Å². The van der Waals surface area contributed by atoms with E-state index in [2.05, 4.69) is 20.5 Å². The van der Waals surface area contributed by atoms with Crippen molar-refractivity contribution < 1.29 is 5.21 Å². The van der Waals surface area contributed by atoms with Crippen LogP contribution in [0.2, 0.25) is 0 Å². The fourth-order valence-corrected chi connectivity index (χ4v) is 3.16. The molecule has 0 bridgehead atoms. The number of rotatable bonds is 5. The van der Waals surface area contributed by atoms with Gasteiger partial charge in [-0.2, -0.15) is 4.37 Å². The number of nitrogens with two attached hydrogens (primary N) is 1. The Kier molecular flexibility index (Phi) is 3.25. The molecule has 0 unspecified atom stereocenters. The minimum Gasteiger partial charge on any atom is -0.409 e. The maximum Gasteiger partial charge on any atom is 0.140 e. The van der Waals surface area contributed by atoms with E-state index in [-0.39, 0.29) is 5.84 Å². The lowest BCUT2D eigenvalue weighted by atomic mass is 10.2. The van der Waals surface area contributed by atoms with Gasteiger partial charge in [0.25, 0.3) is 0 Å². The highest BCUT2D eigenvalue weighted by Gasteiger charge is 2.31. The van der Waals surface area contributed by atoms with Crippen molar-refractivity contribution in [2.45, 2.75) is 25.3 Å². The number of amidine groups is 1. The zero-order chi connectivity index (χ0) is 13.2. The van der Waals surface area contributed by atoms with Gasteiger partial charge in [0, 0.05) is 24.4 Å². The van der Waals surface area contributed by atoms with Crippen molar-refractivity contribution in [3.05, 3.63) is 24.3 Å². The highest BCUT2D eigenvalue weighted by molar-refractivity contribution is 7.11. The van der Waals surface area contributed by atoms with Gasteiger partial charge in [0.1, 0.15) is 10.8 Å². The van der Waals surface area contributed by atoms with Gasteiger partial charge < -0.3 is 15.8 Å². The summed E-state index contributed by atoms with van der Waals surface area (Å²) in [7, 11) is 0. The van der Waals surface area contributed by atoms with E-state index in [1.54, 1.807) is 0 Å². The molecule has 1 aromatic heterocycles. The van der Waals surface area contributed by atoms with E-state index in [0.29, 0.717) is 12.5 Å². The van der Waals surface area contributed by atoms with Gasteiger partial charge in [-0.1, -0.05) is 17.3 Å². The second-order valence-electron chi connectivity index (χ2n) is 4.77. The van der Waals surface area contributed by atoms with E-state index in [1.807, 2.05) is 18.2 Å². The molecule has 0 aliphatic heterocycles. The summed E-state index contributed by atoms with van der Waals surface area (Å²) in [5.41, 5.74) is 6.61. The van der Waals surface area contributed by atoms with Crippen molar-refractivity contribution in [3.8, 4) is 0 Å². The molecule has 1 fully saturated rings. The highest BCUT2D eigenvalue weighted by atomic mass is 32.1. The van der Waals surface area contributed by atoms with Crippen molar-refractivity contribution in [2.24, 2.45) is 10.9 Å². The average molecular weight is 276 g/mol. The monoisotopic (exact) mass is 276 g/mol. The van der Waals surface area contributed by atoms with Gasteiger partial charge in [-0.05, 0) is 36.5 Å². The molecule has 3 rings (SSSR count). The molecular formula is C13H16N4OS. The fourth-order valence-electron chi connectivity index (χ4n) is 2.20. The number of benzene rings is 1. The number of hydrogen-bond acceptors (Lipinski definition) is 5. The van der Waals surface area contributed by atoms with E-state index in [4.69, 9.17) is 10.9 Å². The van der Waals surface area contributed by atoms with Gasteiger partial charge in [0.05, 0.1) is 5.52 Å². The van der Waals surface area contributed by atoms with E-state index in [9.17, 15) is 0 Å². The normalized spacial score (nSPS) is 15.9. The molecule has 1 saturated carbocycles. The minimum atomic E-state index is 0.277. The van der Waals surface area contributed by atoms with Gasteiger partial charge in [0.15, 0.2) is 0 Å². The number of oxime groups is 1. The summed E-state index contributed by atoms with van der Waals surface area (Å²) in [4.78, 5) is 2.35. The summed E-state index contributed by atoms with van der Waals surface area (Å²) in [6, 6.07) is 8.76. The standard InChI is InChI=1S/C13H16N4OS/c14-12(15-18)7-8-17(9-5-6-9)13-10-3-1-2-4-11(10)16-19-13/h1-4,9,18H,5-8H2,(H2,14,15). The molecule has 0 radical (unpaired) electrons. The lowest BCUT2D eigenvalue weighted by molar-refractivity contribution is 0.317. The fraction of sp³-hybridized carbons (Fsp3) is 0.385. The van der Waals surface area contributed by atoms with E-state index in [1.165, 1.54) is 34.8 Å². The van der Waals surface area contributed by atoms with Gasteiger partial charge in [0.2, 0.25) is 0 Å². The van der Waals surface area contributed by atoms with Crippen LogP contribution in [-0.2, 0) is 0 Å². The Labute approximate surface area is 115 Å². The first-order chi connectivity index (χ1) is 9.29. The van der Waals surface area contributed by atoms with Gasteiger partial charge in [-0.15, -0.1) is 0 Å². The molecule has 1 heterocycles. The third kappa shape index (κ3) is 2.49. The summed E-state index contributed by atoms with van der Waals surface area (Å²) in [6.45, 7) is 0.771. The predicted octanol–water partition coefficient (Wildman–Crippen LogP) is 2.40. The van der Waals surface area contributed by atoms with Crippen molar-refractivity contribution >= 4 is 33.3 Å². The van der Waals surface area contributed by atoms with Crippen LogP contribution < -0.4 is 10.6 Å². The average Bonchev–Trinajstić information content (AvgIpc) is 3.19. The SMILES string of the molecule is NC(CCN(c1snc2ccccc12)C1CC1)=NO. The number of fused-ring (bicyclic) bond motifs is 1. The molecule has 1 aromatic carbocycles. The van der Waals surface area contributed by atoms with Crippen molar-refractivity contribution in [2.75, 3.05) is 11.4 Å². The van der Waals surface area contributed by atoms with Gasteiger partial charge >= 0.3 is 0 Å².